The summed E-state index contributed by atoms with van der Waals surface area (Å²) in [6.07, 6.45) is 7.60. The van der Waals surface area contributed by atoms with Gasteiger partial charge in [-0.1, -0.05) is 30.3 Å². The van der Waals surface area contributed by atoms with Crippen molar-refractivity contribution in [2.75, 3.05) is 4.90 Å². The van der Waals surface area contributed by atoms with Crippen LogP contribution in [0.15, 0.2) is 54.6 Å². The van der Waals surface area contributed by atoms with Crippen LogP contribution in [0.1, 0.15) is 50.1 Å². The molecule has 154 valence electrons. The van der Waals surface area contributed by atoms with Gasteiger partial charge in [0.05, 0.1) is 16.9 Å². The number of non-ortho nitro benzene ring substituents is 1. The highest BCUT2D eigenvalue weighted by molar-refractivity contribution is 6.03. The summed E-state index contributed by atoms with van der Waals surface area (Å²) in [5.74, 6) is 2.59. The maximum absolute atomic E-state index is 13.7. The van der Waals surface area contributed by atoms with Gasteiger partial charge in [0.15, 0.2) is 0 Å². The van der Waals surface area contributed by atoms with Crippen molar-refractivity contribution in [2.45, 2.75) is 44.6 Å². The summed E-state index contributed by atoms with van der Waals surface area (Å²) in [7, 11) is 0. The third-order valence-corrected chi connectivity index (χ3v) is 8.32. The summed E-state index contributed by atoms with van der Waals surface area (Å²) < 4.78 is 0. The smallest absolute Gasteiger partial charge is 0.269 e. The van der Waals surface area contributed by atoms with E-state index in [0.29, 0.717) is 0 Å². The fraction of sp³-hybridized carbons (Fsp3) is 0.480. The molecule has 2 atom stereocenters. The van der Waals surface area contributed by atoms with Crippen LogP contribution in [0.25, 0.3) is 0 Å². The van der Waals surface area contributed by atoms with Gasteiger partial charge in [0.2, 0.25) is 5.91 Å². The van der Waals surface area contributed by atoms with Crippen molar-refractivity contribution in [2.24, 2.45) is 29.1 Å². The van der Waals surface area contributed by atoms with Gasteiger partial charge in [-0.25, -0.2) is 0 Å². The number of amides is 1. The Kier molecular flexibility index (Phi) is 3.86. The number of nitrogens with zero attached hydrogens (tertiary/aromatic N) is 2. The Labute approximate surface area is 176 Å². The van der Waals surface area contributed by atoms with Crippen molar-refractivity contribution in [1.82, 2.24) is 0 Å². The molecular formula is C25H26N2O3. The number of nitro benzene ring substituents is 1. The van der Waals surface area contributed by atoms with E-state index in [4.69, 9.17) is 0 Å². The second kappa shape index (κ2) is 6.40. The van der Waals surface area contributed by atoms with Gasteiger partial charge in [0.25, 0.3) is 5.69 Å². The van der Waals surface area contributed by atoms with Crippen LogP contribution in [0.3, 0.4) is 0 Å². The van der Waals surface area contributed by atoms with Crippen LogP contribution in [0.4, 0.5) is 11.4 Å². The predicted molar refractivity (Wildman–Crippen MR) is 114 cm³/mol. The molecule has 2 aromatic rings. The van der Waals surface area contributed by atoms with E-state index in [-0.39, 0.29) is 33.9 Å². The van der Waals surface area contributed by atoms with Crippen LogP contribution < -0.4 is 4.90 Å². The molecule has 1 amide bonds. The van der Waals surface area contributed by atoms with Gasteiger partial charge in [-0.2, -0.15) is 0 Å². The Hall–Kier alpha value is -2.69. The van der Waals surface area contributed by atoms with Crippen molar-refractivity contribution >= 4 is 17.3 Å². The molecule has 5 aliphatic rings. The average molecular weight is 402 g/mol. The molecule has 0 unspecified atom stereocenters. The summed E-state index contributed by atoms with van der Waals surface area (Å²) in [6, 6.07) is 16.7. The summed E-state index contributed by atoms with van der Waals surface area (Å²) in [4.78, 5) is 26.4. The normalized spacial score (nSPS) is 36.6. The first-order chi connectivity index (χ1) is 14.5. The first kappa shape index (κ1) is 18.1. The molecule has 0 radical (unpaired) electrons. The first-order valence-corrected chi connectivity index (χ1v) is 11.2. The lowest BCUT2D eigenvalue weighted by Gasteiger charge is -2.64. The third kappa shape index (κ3) is 2.57. The number of para-hydroxylation sites is 1. The van der Waals surface area contributed by atoms with Crippen molar-refractivity contribution in [3.05, 3.63) is 70.3 Å². The van der Waals surface area contributed by atoms with Gasteiger partial charge >= 0.3 is 0 Å². The van der Waals surface area contributed by atoms with Crippen LogP contribution >= 0.6 is 0 Å². The molecule has 4 bridgehead atoms. The van der Waals surface area contributed by atoms with E-state index < -0.39 is 0 Å². The number of carbonyl (C=O) groups excluding carboxylic acids is 1. The van der Waals surface area contributed by atoms with Crippen molar-refractivity contribution in [3.63, 3.8) is 0 Å². The third-order valence-electron chi connectivity index (χ3n) is 8.32. The molecule has 0 spiro atoms. The molecule has 0 aromatic heterocycles. The number of β-lactam (4-membered cyclic amide) rings is 1. The van der Waals surface area contributed by atoms with Crippen LogP contribution in [0.5, 0.6) is 0 Å². The monoisotopic (exact) mass is 402 g/mol. The summed E-state index contributed by atoms with van der Waals surface area (Å²) in [5.41, 5.74) is 2.16. The average Bonchev–Trinajstić information content (AvgIpc) is 2.71. The largest absolute Gasteiger partial charge is 0.304 e. The molecule has 30 heavy (non-hydrogen) atoms. The highest BCUT2D eigenvalue weighted by atomic mass is 16.6. The van der Waals surface area contributed by atoms with Gasteiger partial charge in [-0.05, 0) is 79.4 Å². The Morgan fingerprint density at radius 2 is 1.43 bits per heavy atom. The lowest BCUT2D eigenvalue weighted by atomic mass is 9.44. The molecule has 1 saturated heterocycles. The lowest BCUT2D eigenvalue weighted by molar-refractivity contribution is -0.384. The van der Waals surface area contributed by atoms with Gasteiger partial charge in [0.1, 0.15) is 0 Å². The summed E-state index contributed by atoms with van der Waals surface area (Å²) >= 11 is 0. The SMILES string of the molecule is O=C1[C@H](C23CC4CC(CC(C4)C2)C3)[C@H](c2ccc([N+](=O)[O-])cc2)N1c1ccccc1. The standard InChI is InChI=1S/C25H26N2O3/c28-24-22(25-13-16-10-17(14-25)12-18(11-16)15-25)23(26(24)20-4-2-1-3-5-20)19-6-8-21(9-7-19)27(29)30/h1-9,16-18,22-23H,10-15H2/t16?,17?,18?,22-,23+,25?/m1/s1. The van der Waals surface area contributed by atoms with Crippen molar-refractivity contribution in [3.8, 4) is 0 Å². The maximum Gasteiger partial charge on any atom is 0.269 e. The molecule has 5 fully saturated rings. The molecular weight excluding hydrogens is 376 g/mol. The fourth-order valence-corrected chi connectivity index (χ4v) is 7.66. The van der Waals surface area contributed by atoms with Crippen molar-refractivity contribution in [1.29, 1.82) is 0 Å². The Morgan fingerprint density at radius 1 is 0.867 bits per heavy atom. The molecule has 1 aliphatic heterocycles. The van der Waals surface area contributed by atoms with Gasteiger partial charge < -0.3 is 4.90 Å². The molecule has 7 rings (SSSR count). The van der Waals surface area contributed by atoms with E-state index in [2.05, 4.69) is 0 Å². The lowest BCUT2D eigenvalue weighted by Crippen LogP contribution is -2.65. The van der Waals surface area contributed by atoms with Crippen LogP contribution in [0, 0.1) is 39.2 Å². The minimum atomic E-state index is -0.360. The zero-order valence-corrected chi connectivity index (χ0v) is 16.9. The molecule has 1 heterocycles. The van der Waals surface area contributed by atoms with E-state index in [0.717, 1.165) is 29.0 Å². The number of carbonyl (C=O) groups is 1. The summed E-state index contributed by atoms with van der Waals surface area (Å²) in [6.45, 7) is 0. The first-order valence-electron chi connectivity index (χ1n) is 11.2. The van der Waals surface area contributed by atoms with Crippen LogP contribution in [-0.2, 0) is 4.79 Å². The van der Waals surface area contributed by atoms with E-state index in [9.17, 15) is 14.9 Å². The van der Waals surface area contributed by atoms with Gasteiger partial charge in [-0.15, -0.1) is 0 Å². The second-order valence-electron chi connectivity index (χ2n) is 10.1. The Balaban J connectivity index is 1.41. The minimum absolute atomic E-state index is 0.00689. The van der Waals surface area contributed by atoms with E-state index in [1.807, 2.05) is 47.4 Å². The minimum Gasteiger partial charge on any atom is -0.304 e. The molecule has 5 heteroatoms. The number of hydrogen-bond acceptors (Lipinski definition) is 3. The molecule has 0 N–H and O–H groups in total. The maximum atomic E-state index is 13.7. The Morgan fingerprint density at radius 3 is 1.97 bits per heavy atom. The molecule has 4 aliphatic carbocycles. The van der Waals surface area contributed by atoms with Gasteiger partial charge in [-0.3, -0.25) is 14.9 Å². The predicted octanol–water partition coefficient (Wildman–Crippen LogP) is 5.52. The number of rotatable bonds is 4. The zero-order valence-electron chi connectivity index (χ0n) is 16.9. The van der Waals surface area contributed by atoms with Crippen LogP contribution in [0.2, 0.25) is 0 Å². The number of nitro groups is 1. The number of anilines is 1. The van der Waals surface area contributed by atoms with Crippen LogP contribution in [-0.4, -0.2) is 10.8 Å². The number of hydrogen-bond donors (Lipinski definition) is 0. The highest BCUT2D eigenvalue weighted by Crippen LogP contribution is 2.67. The fourth-order valence-electron chi connectivity index (χ4n) is 7.66. The molecule has 5 nitrogen and oxygen atoms in total. The zero-order chi connectivity index (χ0) is 20.5. The molecule has 2 aromatic carbocycles. The topological polar surface area (TPSA) is 63.4 Å². The van der Waals surface area contributed by atoms with E-state index in [1.54, 1.807) is 12.1 Å². The van der Waals surface area contributed by atoms with E-state index in [1.165, 1.54) is 38.5 Å². The summed E-state index contributed by atoms with van der Waals surface area (Å²) in [5, 5.41) is 11.1. The highest BCUT2D eigenvalue weighted by Gasteiger charge is 2.63. The quantitative estimate of drug-likeness (QED) is 0.384. The van der Waals surface area contributed by atoms with Gasteiger partial charge in [0, 0.05) is 17.8 Å². The van der Waals surface area contributed by atoms with Crippen molar-refractivity contribution < 1.29 is 9.72 Å². The number of benzene rings is 2. The van der Waals surface area contributed by atoms with E-state index >= 15 is 0 Å². The second-order valence-corrected chi connectivity index (χ2v) is 10.1. The molecule has 4 saturated carbocycles. The Bertz CT molecular complexity index is 966.